The van der Waals surface area contributed by atoms with E-state index in [0.717, 1.165) is 5.56 Å². The van der Waals surface area contributed by atoms with Gasteiger partial charge in [-0.05, 0) is 12.1 Å². The number of halogens is 2. The van der Waals surface area contributed by atoms with E-state index >= 15 is 0 Å². The van der Waals surface area contributed by atoms with Gasteiger partial charge in [0.1, 0.15) is 6.10 Å². The molecule has 2 aromatic carbocycles. The zero-order valence-electron chi connectivity index (χ0n) is 13.1. The predicted molar refractivity (Wildman–Crippen MR) is 93.4 cm³/mol. The van der Waals surface area contributed by atoms with Crippen LogP contribution in [-0.4, -0.2) is 21.8 Å². The van der Waals surface area contributed by atoms with E-state index in [4.69, 9.17) is 36.9 Å². The van der Waals surface area contributed by atoms with Crippen molar-refractivity contribution < 1.29 is 22.1 Å². The van der Waals surface area contributed by atoms with Crippen molar-refractivity contribution in [3.05, 3.63) is 69.7 Å². The first-order valence-corrected chi connectivity index (χ1v) is 9.48. The lowest BCUT2D eigenvalue weighted by atomic mass is 10.1. The molecule has 3 atom stereocenters. The zero-order chi connectivity index (χ0) is 18.0. The molecular formula is C16H15Cl2NO5S. The summed E-state index contributed by atoms with van der Waals surface area (Å²) in [5.74, 6) is 0. The fraction of sp³-hybridized carbons (Fsp3) is 0.250. The molecule has 6 nitrogen and oxygen atoms in total. The molecule has 3 rings (SSSR count). The van der Waals surface area contributed by atoms with Crippen molar-refractivity contribution in [1.82, 2.24) is 4.72 Å². The molecule has 0 saturated carbocycles. The highest BCUT2D eigenvalue weighted by Crippen LogP contribution is 2.43. The fourth-order valence-corrected chi connectivity index (χ4v) is 3.40. The SMILES string of the molecule is CNS(=O)(=O)OC1OC(c2ccccc2)OC1c1ccc(Cl)cc1Cl. The van der Waals surface area contributed by atoms with Gasteiger partial charge in [0.05, 0.1) is 0 Å². The van der Waals surface area contributed by atoms with Crippen LogP contribution in [0.5, 0.6) is 0 Å². The Morgan fingerprint density at radius 2 is 1.80 bits per heavy atom. The number of nitrogens with one attached hydrogen (secondary N) is 1. The van der Waals surface area contributed by atoms with E-state index in [9.17, 15) is 8.42 Å². The standard InChI is InChI=1S/C16H15Cl2NO5S/c1-19-25(20,21)24-16-14(12-8-7-11(17)9-13(12)18)22-15(23-16)10-5-3-2-4-6-10/h2-9,14-16,19H,1H3. The van der Waals surface area contributed by atoms with Gasteiger partial charge in [-0.3, -0.25) is 0 Å². The minimum absolute atomic E-state index is 0.324. The summed E-state index contributed by atoms with van der Waals surface area (Å²) in [6.45, 7) is 0. The smallest absolute Gasteiger partial charge is 0.335 e. The molecule has 3 unspecified atom stereocenters. The summed E-state index contributed by atoms with van der Waals surface area (Å²) in [5, 5.41) is 0.776. The molecule has 0 amide bonds. The molecule has 1 aliphatic rings. The van der Waals surface area contributed by atoms with E-state index in [2.05, 4.69) is 4.72 Å². The Labute approximate surface area is 155 Å². The Morgan fingerprint density at radius 3 is 2.44 bits per heavy atom. The third-order valence-corrected chi connectivity index (χ3v) is 5.09. The van der Waals surface area contributed by atoms with E-state index in [1.165, 1.54) is 7.05 Å². The number of ether oxygens (including phenoxy) is 2. The van der Waals surface area contributed by atoms with Gasteiger partial charge in [-0.2, -0.15) is 13.1 Å². The molecule has 2 aromatic rings. The highest BCUT2D eigenvalue weighted by atomic mass is 35.5. The topological polar surface area (TPSA) is 73.9 Å². The summed E-state index contributed by atoms with van der Waals surface area (Å²) in [5.41, 5.74) is 1.24. The van der Waals surface area contributed by atoms with Gasteiger partial charge in [-0.25, -0.2) is 4.18 Å². The van der Waals surface area contributed by atoms with Crippen LogP contribution in [0.15, 0.2) is 48.5 Å². The Morgan fingerprint density at radius 1 is 1.08 bits per heavy atom. The van der Waals surface area contributed by atoms with Gasteiger partial charge in [0, 0.05) is 28.2 Å². The van der Waals surface area contributed by atoms with Crippen LogP contribution < -0.4 is 4.72 Å². The predicted octanol–water partition coefficient (Wildman–Crippen LogP) is 3.59. The summed E-state index contributed by atoms with van der Waals surface area (Å²) in [6.07, 6.45) is -2.85. The van der Waals surface area contributed by atoms with E-state index in [-0.39, 0.29) is 0 Å². The van der Waals surface area contributed by atoms with Gasteiger partial charge >= 0.3 is 10.3 Å². The molecule has 0 aliphatic carbocycles. The average molecular weight is 404 g/mol. The molecule has 25 heavy (non-hydrogen) atoms. The van der Waals surface area contributed by atoms with Crippen molar-refractivity contribution in [2.75, 3.05) is 7.05 Å². The van der Waals surface area contributed by atoms with E-state index in [1.807, 2.05) is 18.2 Å². The summed E-state index contributed by atoms with van der Waals surface area (Å²) < 4.78 is 42.3. The molecule has 1 saturated heterocycles. The van der Waals surface area contributed by atoms with Crippen LogP contribution in [0.25, 0.3) is 0 Å². The lowest BCUT2D eigenvalue weighted by Crippen LogP contribution is -2.30. The van der Waals surface area contributed by atoms with Gasteiger partial charge in [-0.15, -0.1) is 0 Å². The quantitative estimate of drug-likeness (QED) is 0.825. The monoisotopic (exact) mass is 403 g/mol. The summed E-state index contributed by atoms with van der Waals surface area (Å²) >= 11 is 12.2. The Balaban J connectivity index is 1.94. The van der Waals surface area contributed by atoms with Gasteiger partial charge in [0.25, 0.3) is 0 Å². The first kappa shape index (κ1) is 18.6. The lowest BCUT2D eigenvalue weighted by molar-refractivity contribution is -0.104. The largest absolute Gasteiger partial charge is 0.338 e. The highest BCUT2D eigenvalue weighted by molar-refractivity contribution is 7.84. The summed E-state index contributed by atoms with van der Waals surface area (Å²) in [4.78, 5) is 0. The van der Waals surface area contributed by atoms with Crippen molar-refractivity contribution in [2.45, 2.75) is 18.7 Å². The van der Waals surface area contributed by atoms with Crippen LogP contribution in [0.1, 0.15) is 23.5 Å². The number of hydrogen-bond donors (Lipinski definition) is 1. The van der Waals surface area contributed by atoms with Gasteiger partial charge in [0.15, 0.2) is 6.29 Å². The molecule has 1 aliphatic heterocycles. The van der Waals surface area contributed by atoms with Crippen molar-refractivity contribution in [1.29, 1.82) is 0 Å². The summed E-state index contributed by atoms with van der Waals surface area (Å²) in [6, 6.07) is 13.9. The maximum absolute atomic E-state index is 11.8. The van der Waals surface area contributed by atoms with Crippen molar-refractivity contribution in [3.8, 4) is 0 Å². The highest BCUT2D eigenvalue weighted by Gasteiger charge is 2.42. The van der Waals surface area contributed by atoms with Crippen LogP contribution in [0.4, 0.5) is 0 Å². The van der Waals surface area contributed by atoms with E-state index in [1.54, 1.807) is 30.3 Å². The fourth-order valence-electron chi connectivity index (χ4n) is 2.39. The Hall–Kier alpha value is -1.19. The van der Waals surface area contributed by atoms with Crippen molar-refractivity contribution >= 4 is 33.5 Å². The van der Waals surface area contributed by atoms with Crippen LogP contribution in [-0.2, 0) is 24.0 Å². The van der Waals surface area contributed by atoms with Gasteiger partial charge in [0.2, 0.25) is 6.29 Å². The third kappa shape index (κ3) is 4.32. The number of benzene rings is 2. The number of hydrogen-bond acceptors (Lipinski definition) is 5. The minimum atomic E-state index is -3.99. The second-order valence-electron chi connectivity index (χ2n) is 5.22. The first-order valence-electron chi connectivity index (χ1n) is 7.32. The number of rotatable bonds is 5. The molecular weight excluding hydrogens is 389 g/mol. The maximum atomic E-state index is 11.8. The first-order chi connectivity index (χ1) is 11.9. The lowest BCUT2D eigenvalue weighted by Gasteiger charge is -2.18. The second kappa shape index (κ2) is 7.59. The molecule has 0 radical (unpaired) electrons. The second-order valence-corrected chi connectivity index (χ2v) is 7.58. The Kier molecular flexibility index (Phi) is 5.65. The maximum Gasteiger partial charge on any atom is 0.338 e. The van der Waals surface area contributed by atoms with Crippen LogP contribution in [0.3, 0.4) is 0 Å². The van der Waals surface area contributed by atoms with E-state index < -0.39 is 29.0 Å². The molecule has 134 valence electrons. The van der Waals surface area contributed by atoms with E-state index in [0.29, 0.717) is 15.6 Å². The average Bonchev–Trinajstić information content (AvgIpc) is 2.98. The van der Waals surface area contributed by atoms with Crippen molar-refractivity contribution in [2.24, 2.45) is 0 Å². The Bertz CT molecular complexity index is 847. The van der Waals surface area contributed by atoms with Crippen LogP contribution in [0.2, 0.25) is 10.0 Å². The van der Waals surface area contributed by atoms with Gasteiger partial charge in [-0.1, -0.05) is 59.6 Å². The molecule has 0 aromatic heterocycles. The minimum Gasteiger partial charge on any atom is -0.335 e. The van der Waals surface area contributed by atoms with Crippen LogP contribution >= 0.6 is 23.2 Å². The van der Waals surface area contributed by atoms with Crippen molar-refractivity contribution in [3.63, 3.8) is 0 Å². The summed E-state index contributed by atoms with van der Waals surface area (Å²) in [7, 11) is -2.75. The van der Waals surface area contributed by atoms with Gasteiger partial charge < -0.3 is 9.47 Å². The molecule has 1 fully saturated rings. The van der Waals surface area contributed by atoms with Crippen LogP contribution in [0, 0.1) is 0 Å². The third-order valence-electron chi connectivity index (χ3n) is 3.59. The molecule has 1 N–H and O–H groups in total. The molecule has 0 bridgehead atoms. The molecule has 9 heteroatoms. The normalized spacial score (nSPS) is 23.7. The zero-order valence-corrected chi connectivity index (χ0v) is 15.4. The molecule has 1 heterocycles. The molecule has 0 spiro atoms.